The minimum absolute atomic E-state index is 0.559. The molecule has 0 radical (unpaired) electrons. The Hall–Kier alpha value is 0.310. The lowest BCUT2D eigenvalue weighted by atomic mass is 10.3. The molecule has 0 saturated carbocycles. The van der Waals surface area contributed by atoms with Gasteiger partial charge in [0.1, 0.15) is 0 Å². The van der Waals surface area contributed by atoms with Crippen LogP contribution in [0.25, 0.3) is 0 Å². The van der Waals surface area contributed by atoms with Crippen molar-refractivity contribution in [3.63, 3.8) is 0 Å². The highest BCUT2D eigenvalue weighted by atomic mass is 32.1. The summed E-state index contributed by atoms with van der Waals surface area (Å²) in [6.45, 7) is 3.05. The summed E-state index contributed by atoms with van der Waals surface area (Å²) in [6, 6.07) is 0. The van der Waals surface area contributed by atoms with Crippen molar-refractivity contribution in [1.29, 1.82) is 0 Å². The predicted molar refractivity (Wildman–Crippen MR) is 39.3 cm³/mol. The third-order valence-corrected chi connectivity index (χ3v) is 1.17. The molecule has 0 unspecified atom stereocenters. The molecule has 0 aliphatic heterocycles. The Labute approximate surface area is 56.8 Å². The third-order valence-electron chi connectivity index (χ3n) is 0.984. The largest absolute Gasteiger partial charge is 0.371 e. The predicted octanol–water partition coefficient (Wildman–Crippen LogP) is 2.08. The van der Waals surface area contributed by atoms with E-state index in [9.17, 15) is 0 Å². The molecule has 0 aromatic carbocycles. The zero-order chi connectivity index (χ0) is 6.24. The maximum absolute atomic E-state index is 5.00. The van der Waals surface area contributed by atoms with Gasteiger partial charge in [-0.2, -0.15) is 12.6 Å². The van der Waals surface area contributed by atoms with E-state index < -0.39 is 0 Å². The van der Waals surface area contributed by atoms with Gasteiger partial charge < -0.3 is 4.74 Å². The lowest BCUT2D eigenvalue weighted by Gasteiger charge is -1.96. The highest BCUT2D eigenvalue weighted by Gasteiger charge is 1.82. The molecule has 0 fully saturated rings. The van der Waals surface area contributed by atoms with Crippen LogP contribution in [-0.4, -0.2) is 12.5 Å². The van der Waals surface area contributed by atoms with Crippen LogP contribution >= 0.6 is 12.6 Å². The first-order valence-electron chi connectivity index (χ1n) is 3.10. The Balaban J connectivity index is 2.53. The molecule has 0 atom stereocenters. The Morgan fingerprint density at radius 1 is 1.38 bits per heavy atom. The molecule has 0 amide bonds. The topological polar surface area (TPSA) is 9.23 Å². The molecule has 0 saturated heterocycles. The van der Waals surface area contributed by atoms with Crippen molar-refractivity contribution in [2.45, 2.75) is 26.2 Å². The molecule has 0 rings (SSSR count). The number of unbranched alkanes of at least 4 members (excludes halogenated alkanes) is 2. The number of hydrogen-bond donors (Lipinski definition) is 1. The fourth-order valence-corrected chi connectivity index (χ4v) is 0.648. The van der Waals surface area contributed by atoms with Crippen LogP contribution in [0.3, 0.4) is 0 Å². The van der Waals surface area contributed by atoms with Crippen molar-refractivity contribution >= 4 is 12.6 Å². The maximum Gasteiger partial charge on any atom is 0.0892 e. The molecule has 8 heavy (non-hydrogen) atoms. The molecular weight excluding hydrogens is 120 g/mol. The Morgan fingerprint density at radius 3 is 2.62 bits per heavy atom. The SMILES string of the molecule is CCCCCOCS. The second kappa shape index (κ2) is 7.31. The second-order valence-electron chi connectivity index (χ2n) is 1.74. The fraction of sp³-hybridized carbons (Fsp3) is 1.00. The van der Waals surface area contributed by atoms with Crippen molar-refractivity contribution in [3.05, 3.63) is 0 Å². The molecule has 0 aliphatic carbocycles. The van der Waals surface area contributed by atoms with Crippen LogP contribution in [0, 0.1) is 0 Å². The standard InChI is InChI=1S/C6H14OS/c1-2-3-4-5-7-6-8/h8H,2-6H2,1H3. The molecule has 0 heterocycles. The van der Waals surface area contributed by atoms with E-state index in [4.69, 9.17) is 4.74 Å². The lowest BCUT2D eigenvalue weighted by Crippen LogP contribution is -1.90. The summed E-state index contributed by atoms with van der Waals surface area (Å²) in [4.78, 5) is 0. The van der Waals surface area contributed by atoms with Gasteiger partial charge in [0.15, 0.2) is 0 Å². The van der Waals surface area contributed by atoms with Gasteiger partial charge in [-0.25, -0.2) is 0 Å². The van der Waals surface area contributed by atoms with Crippen molar-refractivity contribution in [2.75, 3.05) is 12.5 Å². The average Bonchev–Trinajstić information content (AvgIpc) is 1.81. The second-order valence-corrected chi connectivity index (χ2v) is 2.00. The summed E-state index contributed by atoms with van der Waals surface area (Å²) in [5, 5.41) is 0. The van der Waals surface area contributed by atoms with Crippen LogP contribution in [0.2, 0.25) is 0 Å². The van der Waals surface area contributed by atoms with E-state index in [2.05, 4.69) is 19.6 Å². The van der Waals surface area contributed by atoms with Gasteiger partial charge in [0.2, 0.25) is 0 Å². The number of hydrogen-bond acceptors (Lipinski definition) is 2. The molecule has 0 spiro atoms. The van der Waals surface area contributed by atoms with Gasteiger partial charge in [0, 0.05) is 6.61 Å². The molecule has 0 aliphatic rings. The Morgan fingerprint density at radius 2 is 2.12 bits per heavy atom. The molecule has 0 aromatic rings. The first-order chi connectivity index (χ1) is 3.91. The zero-order valence-corrected chi connectivity index (χ0v) is 6.29. The highest BCUT2D eigenvalue weighted by Crippen LogP contribution is 1.93. The van der Waals surface area contributed by atoms with Gasteiger partial charge >= 0.3 is 0 Å². The van der Waals surface area contributed by atoms with Crippen LogP contribution in [-0.2, 0) is 4.74 Å². The van der Waals surface area contributed by atoms with Crippen LogP contribution in [0.15, 0.2) is 0 Å². The van der Waals surface area contributed by atoms with Crippen LogP contribution in [0.5, 0.6) is 0 Å². The van der Waals surface area contributed by atoms with Crippen molar-refractivity contribution in [1.82, 2.24) is 0 Å². The van der Waals surface area contributed by atoms with E-state index in [0.717, 1.165) is 6.61 Å². The summed E-state index contributed by atoms with van der Waals surface area (Å²) in [5.41, 5.74) is 0. The van der Waals surface area contributed by atoms with Crippen LogP contribution < -0.4 is 0 Å². The van der Waals surface area contributed by atoms with Crippen LogP contribution in [0.4, 0.5) is 0 Å². The van der Waals surface area contributed by atoms with Crippen molar-refractivity contribution in [3.8, 4) is 0 Å². The summed E-state index contributed by atoms with van der Waals surface area (Å²) < 4.78 is 5.00. The van der Waals surface area contributed by atoms with Gasteiger partial charge in [-0.1, -0.05) is 19.8 Å². The highest BCUT2D eigenvalue weighted by molar-refractivity contribution is 7.80. The molecule has 0 aromatic heterocycles. The minimum Gasteiger partial charge on any atom is -0.371 e. The van der Waals surface area contributed by atoms with Gasteiger partial charge in [-0.05, 0) is 6.42 Å². The molecular formula is C6H14OS. The van der Waals surface area contributed by atoms with Crippen molar-refractivity contribution < 1.29 is 4.74 Å². The van der Waals surface area contributed by atoms with E-state index in [1.165, 1.54) is 19.3 Å². The maximum atomic E-state index is 5.00. The first kappa shape index (κ1) is 8.31. The Bertz CT molecular complexity index is 33.5. The minimum atomic E-state index is 0.559. The summed E-state index contributed by atoms with van der Waals surface area (Å²) in [6.07, 6.45) is 3.71. The quantitative estimate of drug-likeness (QED) is 0.344. The van der Waals surface area contributed by atoms with Gasteiger partial charge in [-0.3, -0.25) is 0 Å². The fourth-order valence-electron chi connectivity index (χ4n) is 0.519. The van der Waals surface area contributed by atoms with E-state index >= 15 is 0 Å². The first-order valence-corrected chi connectivity index (χ1v) is 3.73. The molecule has 0 bridgehead atoms. The van der Waals surface area contributed by atoms with Gasteiger partial charge in [0.05, 0.1) is 5.94 Å². The monoisotopic (exact) mass is 134 g/mol. The van der Waals surface area contributed by atoms with E-state index in [1.807, 2.05) is 0 Å². The smallest absolute Gasteiger partial charge is 0.0892 e. The zero-order valence-electron chi connectivity index (χ0n) is 5.39. The lowest BCUT2D eigenvalue weighted by molar-refractivity contribution is 0.178. The van der Waals surface area contributed by atoms with Crippen molar-refractivity contribution in [2.24, 2.45) is 0 Å². The molecule has 1 nitrogen and oxygen atoms in total. The van der Waals surface area contributed by atoms with Gasteiger partial charge in [-0.15, -0.1) is 0 Å². The molecule has 2 heteroatoms. The van der Waals surface area contributed by atoms with E-state index in [1.54, 1.807) is 0 Å². The number of thiol groups is 1. The van der Waals surface area contributed by atoms with Crippen LogP contribution in [0.1, 0.15) is 26.2 Å². The summed E-state index contributed by atoms with van der Waals surface area (Å²) >= 11 is 3.90. The third kappa shape index (κ3) is 6.31. The average molecular weight is 134 g/mol. The number of ether oxygens (including phenoxy) is 1. The molecule has 0 N–H and O–H groups in total. The Kier molecular flexibility index (Phi) is 7.59. The normalized spacial score (nSPS) is 9.75. The number of rotatable bonds is 5. The summed E-state index contributed by atoms with van der Waals surface area (Å²) in [7, 11) is 0. The van der Waals surface area contributed by atoms with E-state index in [-0.39, 0.29) is 0 Å². The summed E-state index contributed by atoms with van der Waals surface area (Å²) in [5.74, 6) is 0.559. The molecule has 50 valence electrons. The van der Waals surface area contributed by atoms with Gasteiger partial charge in [0.25, 0.3) is 0 Å². The van der Waals surface area contributed by atoms with E-state index in [0.29, 0.717) is 5.94 Å².